The molecule has 1 aromatic heterocycles. The van der Waals surface area contributed by atoms with E-state index >= 15 is 0 Å². The summed E-state index contributed by atoms with van der Waals surface area (Å²) in [4.78, 5) is 13.7. The lowest BCUT2D eigenvalue weighted by molar-refractivity contribution is -0.168. The van der Waals surface area contributed by atoms with Gasteiger partial charge in [-0.25, -0.2) is 0 Å². The monoisotopic (exact) mass is 287 g/mol. The molecule has 0 spiro atoms. The molecule has 0 N–H and O–H groups in total. The van der Waals surface area contributed by atoms with Gasteiger partial charge in [0.2, 0.25) is 6.10 Å². The van der Waals surface area contributed by atoms with Gasteiger partial charge < -0.3 is 14.1 Å². The van der Waals surface area contributed by atoms with Crippen LogP contribution in [0.2, 0.25) is 0 Å². The van der Waals surface area contributed by atoms with Crippen molar-refractivity contribution in [3.8, 4) is 5.75 Å². The fraction of sp³-hybridized carbons (Fsp3) is 0.267. The molecule has 2 aliphatic rings. The van der Waals surface area contributed by atoms with Crippen molar-refractivity contribution >= 4 is 17.7 Å². The smallest absolute Gasteiger partial charge is 0.269 e. The lowest BCUT2D eigenvalue weighted by Gasteiger charge is -2.50. The second-order valence-corrected chi connectivity index (χ2v) is 6.14. The number of carbonyl (C=O) groups excluding carboxylic acids is 1. The number of fused-ring (bicyclic) bond motifs is 1. The van der Waals surface area contributed by atoms with Crippen molar-refractivity contribution in [3.05, 3.63) is 54.5 Å². The molecule has 20 heavy (non-hydrogen) atoms. The van der Waals surface area contributed by atoms with Gasteiger partial charge in [-0.2, -0.15) is 0 Å². The van der Waals surface area contributed by atoms with E-state index in [0.29, 0.717) is 5.75 Å². The highest BCUT2D eigenvalue weighted by Crippen LogP contribution is 2.55. The number of amides is 1. The molecule has 4 nitrogen and oxygen atoms in total. The zero-order chi connectivity index (χ0) is 13.6. The van der Waals surface area contributed by atoms with E-state index in [2.05, 4.69) is 0 Å². The summed E-state index contributed by atoms with van der Waals surface area (Å²) in [5.74, 6) is 2.45. The maximum Gasteiger partial charge on any atom is 0.269 e. The number of para-hydroxylation sites is 1. The van der Waals surface area contributed by atoms with Crippen LogP contribution in [0.5, 0.6) is 5.75 Å². The van der Waals surface area contributed by atoms with E-state index in [1.54, 1.807) is 18.0 Å². The molecule has 2 aliphatic heterocycles. The van der Waals surface area contributed by atoms with Crippen molar-refractivity contribution in [1.29, 1.82) is 0 Å². The molecule has 0 bridgehead atoms. The number of hydrogen-bond acceptors (Lipinski definition) is 4. The average Bonchev–Trinajstić information content (AvgIpc) is 3.13. The Hall–Kier alpha value is -1.88. The van der Waals surface area contributed by atoms with Gasteiger partial charge in [0, 0.05) is 12.3 Å². The Morgan fingerprint density at radius 3 is 2.85 bits per heavy atom. The quantitative estimate of drug-likeness (QED) is 0.813. The summed E-state index contributed by atoms with van der Waals surface area (Å²) < 4.78 is 11.5. The molecule has 5 heteroatoms. The minimum Gasteiger partial charge on any atom is -0.477 e. The van der Waals surface area contributed by atoms with Crippen LogP contribution in [0.25, 0.3) is 0 Å². The number of carbonyl (C=O) groups is 1. The van der Waals surface area contributed by atoms with E-state index in [1.165, 1.54) is 0 Å². The molecule has 4 rings (SSSR count). The Bertz CT molecular complexity index is 628. The number of β-lactam (4-membered cyclic amide) rings is 1. The SMILES string of the molecule is O=C1[C@@H](Oc2ccccc2)[C@]2(c3ccco3)SCCN12. The highest BCUT2D eigenvalue weighted by Gasteiger charge is 2.67. The van der Waals surface area contributed by atoms with Crippen LogP contribution in [-0.2, 0) is 9.67 Å². The van der Waals surface area contributed by atoms with Crippen LogP contribution >= 0.6 is 11.8 Å². The molecule has 102 valence electrons. The van der Waals surface area contributed by atoms with Gasteiger partial charge in [-0.3, -0.25) is 4.79 Å². The van der Waals surface area contributed by atoms with E-state index in [1.807, 2.05) is 47.4 Å². The molecule has 1 aromatic carbocycles. The lowest BCUT2D eigenvalue weighted by Crippen LogP contribution is -2.69. The average molecular weight is 287 g/mol. The van der Waals surface area contributed by atoms with E-state index in [4.69, 9.17) is 9.15 Å². The van der Waals surface area contributed by atoms with Crippen molar-refractivity contribution in [2.75, 3.05) is 12.3 Å². The summed E-state index contributed by atoms with van der Waals surface area (Å²) in [5, 5.41) is 0. The van der Waals surface area contributed by atoms with Crippen LogP contribution in [-0.4, -0.2) is 29.2 Å². The molecule has 1 amide bonds. The third-order valence-corrected chi connectivity index (χ3v) is 5.22. The van der Waals surface area contributed by atoms with Crippen molar-refractivity contribution in [3.63, 3.8) is 0 Å². The van der Waals surface area contributed by atoms with Gasteiger partial charge in [0.25, 0.3) is 5.91 Å². The second-order valence-electron chi connectivity index (χ2n) is 4.82. The highest BCUT2D eigenvalue weighted by molar-refractivity contribution is 8.00. The third kappa shape index (κ3) is 1.47. The number of nitrogens with zero attached hydrogens (tertiary/aromatic N) is 1. The predicted octanol–water partition coefficient (Wildman–Crippen LogP) is 2.47. The lowest BCUT2D eigenvalue weighted by atomic mass is 9.94. The van der Waals surface area contributed by atoms with Crippen LogP contribution in [0, 0.1) is 0 Å². The van der Waals surface area contributed by atoms with Crippen molar-refractivity contribution in [2.24, 2.45) is 0 Å². The Kier molecular flexibility index (Phi) is 2.57. The van der Waals surface area contributed by atoms with Gasteiger partial charge in [0.05, 0.1) is 6.26 Å². The van der Waals surface area contributed by atoms with E-state index in [0.717, 1.165) is 18.1 Å². The Morgan fingerprint density at radius 2 is 2.10 bits per heavy atom. The van der Waals surface area contributed by atoms with Gasteiger partial charge in [-0.05, 0) is 24.3 Å². The van der Waals surface area contributed by atoms with Gasteiger partial charge >= 0.3 is 0 Å². The van der Waals surface area contributed by atoms with Crippen molar-refractivity contribution in [2.45, 2.75) is 11.0 Å². The number of benzene rings is 1. The first-order valence-corrected chi connectivity index (χ1v) is 7.52. The molecule has 3 heterocycles. The molecule has 2 atom stereocenters. The number of ether oxygens (including phenoxy) is 1. The minimum absolute atomic E-state index is 0.0373. The van der Waals surface area contributed by atoms with Gasteiger partial charge in [0.15, 0.2) is 4.87 Å². The summed E-state index contributed by atoms with van der Waals surface area (Å²) in [5.41, 5.74) is 0. The molecule has 0 radical (unpaired) electrons. The molecule has 2 aromatic rings. The molecular formula is C15H13NO3S. The number of rotatable bonds is 3. The molecular weight excluding hydrogens is 274 g/mol. The zero-order valence-corrected chi connectivity index (χ0v) is 11.5. The summed E-state index contributed by atoms with van der Waals surface area (Å²) in [6, 6.07) is 13.2. The van der Waals surface area contributed by atoms with Gasteiger partial charge in [-0.15, -0.1) is 11.8 Å². The predicted molar refractivity (Wildman–Crippen MR) is 75.4 cm³/mol. The second kappa shape index (κ2) is 4.31. The molecule has 2 saturated heterocycles. The topological polar surface area (TPSA) is 42.7 Å². The maximum absolute atomic E-state index is 12.3. The standard InChI is InChI=1S/C15H13NO3S/c17-14-13(19-11-5-2-1-3-6-11)15(12-7-4-9-18-12)16(14)8-10-20-15/h1-7,9,13H,8,10H2/t13-,15+/m1/s1. The first kappa shape index (κ1) is 11.9. The Morgan fingerprint density at radius 1 is 1.25 bits per heavy atom. The highest BCUT2D eigenvalue weighted by atomic mass is 32.2. The van der Waals surface area contributed by atoms with Gasteiger partial charge in [-0.1, -0.05) is 18.2 Å². The van der Waals surface area contributed by atoms with E-state index < -0.39 is 11.0 Å². The molecule has 2 fully saturated rings. The molecule has 0 unspecified atom stereocenters. The number of hydrogen-bond donors (Lipinski definition) is 0. The minimum atomic E-state index is -0.511. The summed E-state index contributed by atoms with van der Waals surface area (Å²) in [7, 11) is 0. The van der Waals surface area contributed by atoms with E-state index in [9.17, 15) is 4.79 Å². The Labute approximate surface area is 120 Å². The van der Waals surface area contributed by atoms with Crippen LogP contribution in [0.1, 0.15) is 5.76 Å². The number of furan rings is 1. The number of thioether (sulfide) groups is 1. The maximum atomic E-state index is 12.3. The van der Waals surface area contributed by atoms with Crippen molar-refractivity contribution < 1.29 is 13.9 Å². The molecule has 0 saturated carbocycles. The normalized spacial score (nSPS) is 28.1. The van der Waals surface area contributed by atoms with E-state index in [-0.39, 0.29) is 5.91 Å². The fourth-order valence-electron chi connectivity index (χ4n) is 2.85. The largest absolute Gasteiger partial charge is 0.477 e. The molecule has 0 aliphatic carbocycles. The van der Waals surface area contributed by atoms with Crippen LogP contribution in [0.15, 0.2) is 53.1 Å². The summed E-state index contributed by atoms with van der Waals surface area (Å²) in [6.07, 6.45) is 1.13. The first-order valence-electron chi connectivity index (χ1n) is 6.53. The van der Waals surface area contributed by atoms with Crippen LogP contribution < -0.4 is 4.74 Å². The zero-order valence-electron chi connectivity index (χ0n) is 10.7. The summed E-state index contributed by atoms with van der Waals surface area (Å²) >= 11 is 1.71. The van der Waals surface area contributed by atoms with Crippen LogP contribution in [0.3, 0.4) is 0 Å². The van der Waals surface area contributed by atoms with Crippen LogP contribution in [0.4, 0.5) is 0 Å². The summed E-state index contributed by atoms with van der Waals surface area (Å²) in [6.45, 7) is 0.749. The first-order chi connectivity index (χ1) is 9.82. The van der Waals surface area contributed by atoms with Gasteiger partial charge in [0.1, 0.15) is 11.5 Å². The fourth-order valence-corrected chi connectivity index (χ4v) is 4.33. The Balaban J connectivity index is 1.70. The van der Waals surface area contributed by atoms with Crippen molar-refractivity contribution in [1.82, 2.24) is 4.90 Å². The third-order valence-electron chi connectivity index (χ3n) is 3.76.